The lowest BCUT2D eigenvalue weighted by Gasteiger charge is -2.45. The predicted octanol–water partition coefficient (Wildman–Crippen LogP) is 0.351. The summed E-state index contributed by atoms with van der Waals surface area (Å²) in [5.41, 5.74) is 6.68. The van der Waals surface area contributed by atoms with Crippen molar-refractivity contribution in [3.8, 4) is 0 Å². The van der Waals surface area contributed by atoms with E-state index < -0.39 is 0 Å². The van der Waals surface area contributed by atoms with E-state index in [1.54, 1.807) is 16.7 Å². The van der Waals surface area contributed by atoms with Crippen LogP contribution >= 0.6 is 23.4 Å². The molecule has 1 amide bonds. The Kier molecular flexibility index (Phi) is 2.06. The molecule has 0 aromatic heterocycles. The Morgan fingerprint density at radius 2 is 2.58 bits per heavy atom. The first-order valence-electron chi connectivity index (χ1n) is 3.69. The Hall–Kier alpha value is -0.190. The molecule has 66 valence electrons. The zero-order chi connectivity index (χ0) is 8.72. The third-order valence-electron chi connectivity index (χ3n) is 2.05. The normalized spacial score (nSPS) is 34.0. The van der Waals surface area contributed by atoms with Gasteiger partial charge in [-0.3, -0.25) is 4.79 Å². The van der Waals surface area contributed by atoms with Crippen LogP contribution in [0.4, 0.5) is 0 Å². The zero-order valence-corrected chi connectivity index (χ0v) is 7.94. The van der Waals surface area contributed by atoms with E-state index in [4.69, 9.17) is 17.3 Å². The standard InChI is InChI=1S/C7H9ClN2OS/c8-1-4-2-10-6(11)5(9)7(10)12-3-4/h2,5,7H,1,3,9H2/t5-,7-/m1/s1. The van der Waals surface area contributed by atoms with Crippen LogP contribution in [0.25, 0.3) is 0 Å². The predicted molar refractivity (Wildman–Crippen MR) is 49.9 cm³/mol. The summed E-state index contributed by atoms with van der Waals surface area (Å²) in [5, 5.41) is 0.157. The highest BCUT2D eigenvalue weighted by Gasteiger charge is 2.45. The van der Waals surface area contributed by atoms with Gasteiger partial charge >= 0.3 is 0 Å². The maximum atomic E-state index is 11.2. The summed E-state index contributed by atoms with van der Waals surface area (Å²) < 4.78 is 0. The van der Waals surface area contributed by atoms with Crippen molar-refractivity contribution in [2.75, 3.05) is 11.6 Å². The van der Waals surface area contributed by atoms with Crippen molar-refractivity contribution < 1.29 is 4.79 Å². The Balaban J connectivity index is 2.15. The number of nitrogens with zero attached hydrogens (tertiary/aromatic N) is 1. The van der Waals surface area contributed by atoms with Crippen molar-refractivity contribution in [1.82, 2.24) is 4.90 Å². The van der Waals surface area contributed by atoms with Gasteiger partial charge in [0.2, 0.25) is 5.91 Å². The molecular weight excluding hydrogens is 196 g/mol. The van der Waals surface area contributed by atoms with Gasteiger partial charge in [-0.2, -0.15) is 0 Å². The molecule has 0 bridgehead atoms. The van der Waals surface area contributed by atoms with E-state index in [-0.39, 0.29) is 17.3 Å². The average molecular weight is 205 g/mol. The molecule has 3 nitrogen and oxygen atoms in total. The monoisotopic (exact) mass is 204 g/mol. The van der Waals surface area contributed by atoms with E-state index in [9.17, 15) is 4.79 Å². The SMILES string of the molecule is N[C@@H]1C(=O)N2C=C(CCl)CS[C@H]12. The Morgan fingerprint density at radius 1 is 1.83 bits per heavy atom. The zero-order valence-electron chi connectivity index (χ0n) is 6.37. The Bertz CT molecular complexity index is 256. The molecule has 2 rings (SSSR count). The lowest BCUT2D eigenvalue weighted by molar-refractivity contribution is -0.140. The van der Waals surface area contributed by atoms with Gasteiger partial charge in [-0.05, 0) is 5.57 Å². The fourth-order valence-corrected chi connectivity index (χ4v) is 2.82. The summed E-state index contributed by atoms with van der Waals surface area (Å²) in [6.07, 6.45) is 1.83. The topological polar surface area (TPSA) is 46.3 Å². The molecule has 0 aliphatic carbocycles. The van der Waals surface area contributed by atoms with Gasteiger partial charge in [0.25, 0.3) is 0 Å². The van der Waals surface area contributed by atoms with Crippen molar-refractivity contribution in [3.05, 3.63) is 11.8 Å². The number of alkyl halides is 1. The van der Waals surface area contributed by atoms with Gasteiger partial charge in [-0.1, -0.05) is 0 Å². The number of rotatable bonds is 1. The minimum atomic E-state index is -0.303. The van der Waals surface area contributed by atoms with Gasteiger partial charge in [0.1, 0.15) is 11.4 Å². The van der Waals surface area contributed by atoms with Crippen molar-refractivity contribution in [2.45, 2.75) is 11.4 Å². The number of amides is 1. The minimum absolute atomic E-state index is 0.00909. The van der Waals surface area contributed by atoms with Crippen LogP contribution in [0, 0.1) is 0 Å². The molecule has 2 aliphatic rings. The van der Waals surface area contributed by atoms with E-state index in [0.717, 1.165) is 11.3 Å². The molecule has 12 heavy (non-hydrogen) atoms. The summed E-state index contributed by atoms with van der Waals surface area (Å²) in [4.78, 5) is 12.8. The molecule has 0 spiro atoms. The molecule has 0 aromatic carbocycles. The second-order valence-electron chi connectivity index (χ2n) is 2.89. The van der Waals surface area contributed by atoms with Crippen LogP contribution in [-0.2, 0) is 4.79 Å². The van der Waals surface area contributed by atoms with Gasteiger partial charge in [-0.15, -0.1) is 23.4 Å². The second kappa shape index (κ2) is 2.94. The quantitative estimate of drug-likeness (QED) is 0.496. The molecule has 0 saturated carbocycles. The Labute approximate surface area is 79.9 Å². The first-order chi connectivity index (χ1) is 5.74. The van der Waals surface area contributed by atoms with Crippen molar-refractivity contribution >= 4 is 29.3 Å². The van der Waals surface area contributed by atoms with E-state index in [2.05, 4.69) is 0 Å². The van der Waals surface area contributed by atoms with Crippen molar-refractivity contribution in [3.63, 3.8) is 0 Å². The number of carbonyl (C=O) groups excluding carboxylic acids is 1. The summed E-state index contributed by atoms with van der Waals surface area (Å²) in [6, 6.07) is -0.303. The summed E-state index contributed by atoms with van der Waals surface area (Å²) in [7, 11) is 0. The van der Waals surface area contributed by atoms with Gasteiger partial charge in [0.15, 0.2) is 0 Å². The first-order valence-corrected chi connectivity index (χ1v) is 5.27. The lowest BCUT2D eigenvalue weighted by Crippen LogP contribution is -2.66. The molecule has 2 aliphatic heterocycles. The van der Waals surface area contributed by atoms with Crippen LogP contribution < -0.4 is 5.73 Å². The number of halogens is 1. The van der Waals surface area contributed by atoms with Crippen molar-refractivity contribution in [2.24, 2.45) is 5.73 Å². The third kappa shape index (κ3) is 1.06. The molecule has 2 N–H and O–H groups in total. The maximum Gasteiger partial charge on any atom is 0.247 e. The number of carbonyl (C=O) groups is 1. The fourth-order valence-electron chi connectivity index (χ4n) is 1.33. The summed E-state index contributed by atoms with van der Waals surface area (Å²) in [5.74, 6) is 1.40. The lowest BCUT2D eigenvalue weighted by atomic mass is 10.1. The van der Waals surface area contributed by atoms with Crippen LogP contribution in [0.2, 0.25) is 0 Å². The number of β-lactam (4-membered cyclic amide) rings is 1. The highest BCUT2D eigenvalue weighted by molar-refractivity contribution is 8.00. The molecule has 1 fully saturated rings. The van der Waals surface area contributed by atoms with Gasteiger partial charge in [0.05, 0.1) is 0 Å². The number of nitrogens with two attached hydrogens (primary N) is 1. The molecular formula is C7H9ClN2OS. The number of hydrogen-bond donors (Lipinski definition) is 1. The highest BCUT2D eigenvalue weighted by atomic mass is 35.5. The molecule has 0 unspecified atom stereocenters. The number of thioether (sulfide) groups is 1. The number of hydrogen-bond acceptors (Lipinski definition) is 3. The van der Waals surface area contributed by atoms with E-state index in [1.807, 2.05) is 6.20 Å². The van der Waals surface area contributed by atoms with Gasteiger partial charge in [0, 0.05) is 17.8 Å². The molecule has 2 atom stereocenters. The van der Waals surface area contributed by atoms with Crippen LogP contribution in [0.5, 0.6) is 0 Å². The second-order valence-corrected chi connectivity index (χ2v) is 4.27. The first kappa shape index (κ1) is 8.41. The summed E-state index contributed by atoms with van der Waals surface area (Å²) >= 11 is 7.34. The number of fused-ring (bicyclic) bond motifs is 1. The largest absolute Gasteiger partial charge is 0.317 e. The molecule has 0 radical (unpaired) electrons. The molecule has 0 aromatic rings. The van der Waals surface area contributed by atoms with Gasteiger partial charge < -0.3 is 10.6 Å². The highest BCUT2D eigenvalue weighted by Crippen LogP contribution is 2.34. The van der Waals surface area contributed by atoms with Crippen LogP contribution in [0.1, 0.15) is 0 Å². The van der Waals surface area contributed by atoms with Crippen LogP contribution in [0.15, 0.2) is 11.8 Å². The van der Waals surface area contributed by atoms with Crippen LogP contribution in [0.3, 0.4) is 0 Å². The fraction of sp³-hybridized carbons (Fsp3) is 0.571. The maximum absolute atomic E-state index is 11.2. The van der Waals surface area contributed by atoms with Crippen molar-refractivity contribution in [1.29, 1.82) is 0 Å². The van der Waals surface area contributed by atoms with Crippen LogP contribution in [-0.4, -0.2) is 33.9 Å². The van der Waals surface area contributed by atoms with E-state index in [0.29, 0.717) is 5.88 Å². The molecule has 1 saturated heterocycles. The smallest absolute Gasteiger partial charge is 0.247 e. The van der Waals surface area contributed by atoms with E-state index in [1.165, 1.54) is 0 Å². The van der Waals surface area contributed by atoms with E-state index >= 15 is 0 Å². The molecule has 5 heteroatoms. The van der Waals surface area contributed by atoms with Gasteiger partial charge in [-0.25, -0.2) is 0 Å². The average Bonchev–Trinajstić information content (AvgIpc) is 2.15. The summed E-state index contributed by atoms with van der Waals surface area (Å²) in [6.45, 7) is 0. The molecule has 2 heterocycles. The Morgan fingerprint density at radius 3 is 3.25 bits per heavy atom. The third-order valence-corrected chi connectivity index (χ3v) is 3.80. The minimum Gasteiger partial charge on any atom is -0.317 e.